The molecule has 0 unspecified atom stereocenters. The highest BCUT2D eigenvalue weighted by Gasteiger charge is 2.53. The fourth-order valence-electron chi connectivity index (χ4n) is 5.51. The molecule has 2 aliphatic rings. The van der Waals surface area contributed by atoms with E-state index in [4.69, 9.17) is 4.74 Å². The normalized spacial score (nSPS) is 28.7. The van der Waals surface area contributed by atoms with Crippen molar-refractivity contribution >= 4 is 0 Å². The molecule has 4 rings (SSSR count). The summed E-state index contributed by atoms with van der Waals surface area (Å²) in [6, 6.07) is 11.5. The number of rotatable bonds is 4. The second kappa shape index (κ2) is 7.84. The molecule has 0 saturated heterocycles. The SMILES string of the molecule is C[C@@]12CCC[C@@H]1[C@H](OCc1cc(C(F)(F)F)cc(C(F)(F)F)c1)[C@H](c1ccccc1)C2. The lowest BCUT2D eigenvalue weighted by Gasteiger charge is -2.27. The monoisotopic (exact) mass is 442 g/mol. The average Bonchev–Trinajstić information content (AvgIpc) is 3.19. The van der Waals surface area contributed by atoms with Crippen molar-refractivity contribution in [1.82, 2.24) is 0 Å². The van der Waals surface area contributed by atoms with E-state index < -0.39 is 23.5 Å². The van der Waals surface area contributed by atoms with E-state index in [0.29, 0.717) is 0 Å². The second-order valence-corrected chi connectivity index (χ2v) is 9.06. The molecule has 2 aromatic carbocycles. The highest BCUT2D eigenvalue weighted by molar-refractivity contribution is 5.33. The van der Waals surface area contributed by atoms with Gasteiger partial charge in [-0.25, -0.2) is 0 Å². The second-order valence-electron chi connectivity index (χ2n) is 9.06. The summed E-state index contributed by atoms with van der Waals surface area (Å²) in [6.45, 7) is 1.93. The molecule has 4 atom stereocenters. The molecule has 31 heavy (non-hydrogen) atoms. The van der Waals surface area contributed by atoms with Gasteiger partial charge in [-0.1, -0.05) is 43.7 Å². The Balaban J connectivity index is 1.62. The number of benzene rings is 2. The van der Waals surface area contributed by atoms with E-state index in [1.165, 1.54) is 0 Å². The van der Waals surface area contributed by atoms with Crippen molar-refractivity contribution < 1.29 is 31.1 Å². The highest BCUT2D eigenvalue weighted by atomic mass is 19.4. The van der Waals surface area contributed by atoms with Crippen LogP contribution in [-0.2, 0) is 23.7 Å². The van der Waals surface area contributed by atoms with E-state index in [2.05, 4.69) is 6.92 Å². The van der Waals surface area contributed by atoms with Crippen LogP contribution in [-0.4, -0.2) is 6.10 Å². The van der Waals surface area contributed by atoms with Crippen LogP contribution in [0.5, 0.6) is 0 Å². The minimum Gasteiger partial charge on any atom is -0.373 e. The maximum Gasteiger partial charge on any atom is 0.416 e. The Morgan fingerprint density at radius 1 is 0.935 bits per heavy atom. The van der Waals surface area contributed by atoms with Gasteiger partial charge in [-0.05, 0) is 59.9 Å². The summed E-state index contributed by atoms with van der Waals surface area (Å²) in [5.41, 5.74) is -1.55. The molecule has 2 aromatic rings. The van der Waals surface area contributed by atoms with Crippen LogP contribution in [0, 0.1) is 11.3 Å². The van der Waals surface area contributed by atoms with E-state index in [0.717, 1.165) is 43.4 Å². The number of hydrogen-bond acceptors (Lipinski definition) is 1. The molecule has 0 spiro atoms. The van der Waals surface area contributed by atoms with E-state index in [1.807, 2.05) is 30.3 Å². The number of fused-ring (bicyclic) bond motifs is 1. The molecule has 7 heteroatoms. The standard InChI is InChI=1S/C24H24F6O/c1-22-9-5-8-20(22)21(19(13-22)16-6-3-2-4-7-16)31-14-15-10-17(23(25,26)27)12-18(11-15)24(28,29)30/h2-4,6-7,10-12,19-21H,5,8-9,13-14H2,1H3/t19-,20+,21+,22-/m0/s1. The molecule has 2 fully saturated rings. The first-order chi connectivity index (χ1) is 14.5. The molecule has 1 nitrogen and oxygen atoms in total. The Kier molecular flexibility index (Phi) is 5.61. The summed E-state index contributed by atoms with van der Waals surface area (Å²) in [6.07, 6.45) is -5.98. The summed E-state index contributed by atoms with van der Waals surface area (Å²) >= 11 is 0. The Morgan fingerprint density at radius 3 is 2.13 bits per heavy atom. The third-order valence-electron chi connectivity index (χ3n) is 6.96. The van der Waals surface area contributed by atoms with Crippen LogP contribution in [0.1, 0.15) is 60.8 Å². The predicted octanol–water partition coefficient (Wildman–Crippen LogP) is 7.60. The van der Waals surface area contributed by atoms with E-state index in [-0.39, 0.29) is 41.6 Å². The summed E-state index contributed by atoms with van der Waals surface area (Å²) in [5.74, 6) is 0.315. The van der Waals surface area contributed by atoms with Gasteiger partial charge in [-0.2, -0.15) is 26.3 Å². The zero-order valence-corrected chi connectivity index (χ0v) is 17.1. The number of ether oxygens (including phenoxy) is 1. The van der Waals surface area contributed by atoms with E-state index in [9.17, 15) is 26.3 Å². The number of alkyl halides is 6. The first-order valence-electron chi connectivity index (χ1n) is 10.4. The van der Waals surface area contributed by atoms with Crippen molar-refractivity contribution in [3.8, 4) is 0 Å². The summed E-state index contributed by atoms with van der Waals surface area (Å²) in [7, 11) is 0. The summed E-state index contributed by atoms with van der Waals surface area (Å²) < 4.78 is 85.2. The van der Waals surface area contributed by atoms with Gasteiger partial charge in [0.25, 0.3) is 0 Å². The van der Waals surface area contributed by atoms with Crippen molar-refractivity contribution in [2.75, 3.05) is 0 Å². The topological polar surface area (TPSA) is 9.23 Å². The van der Waals surface area contributed by atoms with Gasteiger partial charge >= 0.3 is 12.4 Å². The fraction of sp³-hybridized carbons (Fsp3) is 0.500. The minimum absolute atomic E-state index is 0.0735. The van der Waals surface area contributed by atoms with Gasteiger partial charge < -0.3 is 4.74 Å². The predicted molar refractivity (Wildman–Crippen MR) is 104 cm³/mol. The minimum atomic E-state index is -4.86. The maximum atomic E-state index is 13.2. The molecule has 2 saturated carbocycles. The molecule has 0 heterocycles. The lowest BCUT2D eigenvalue weighted by molar-refractivity contribution is -0.143. The van der Waals surface area contributed by atoms with Crippen molar-refractivity contribution in [3.05, 3.63) is 70.8 Å². The smallest absolute Gasteiger partial charge is 0.373 e. The molecule has 0 N–H and O–H groups in total. The largest absolute Gasteiger partial charge is 0.416 e. The molecule has 2 aliphatic carbocycles. The zero-order chi connectivity index (χ0) is 22.4. The molecule has 0 aromatic heterocycles. The van der Waals surface area contributed by atoms with Gasteiger partial charge in [-0.3, -0.25) is 0 Å². The zero-order valence-electron chi connectivity index (χ0n) is 17.1. The van der Waals surface area contributed by atoms with E-state index in [1.54, 1.807) is 0 Å². The van der Waals surface area contributed by atoms with Crippen LogP contribution in [0.2, 0.25) is 0 Å². The summed E-state index contributed by atoms with van der Waals surface area (Å²) in [5, 5.41) is 0. The molecule has 0 amide bonds. The first kappa shape index (κ1) is 22.2. The number of halogens is 6. The quantitative estimate of drug-likeness (QED) is 0.443. The molecule has 168 valence electrons. The Labute approximate surface area is 177 Å². The average molecular weight is 442 g/mol. The van der Waals surface area contributed by atoms with Crippen LogP contribution in [0.4, 0.5) is 26.3 Å². The van der Waals surface area contributed by atoms with Crippen molar-refractivity contribution in [3.63, 3.8) is 0 Å². The van der Waals surface area contributed by atoms with Gasteiger partial charge in [0.05, 0.1) is 23.8 Å². The van der Waals surface area contributed by atoms with Gasteiger partial charge in [0.2, 0.25) is 0 Å². The number of hydrogen-bond donors (Lipinski definition) is 0. The molecular formula is C24H24F6O. The van der Waals surface area contributed by atoms with Crippen molar-refractivity contribution in [1.29, 1.82) is 0 Å². The lowest BCUT2D eigenvalue weighted by atomic mass is 9.82. The van der Waals surface area contributed by atoms with Crippen LogP contribution >= 0.6 is 0 Å². The maximum absolute atomic E-state index is 13.2. The molecule has 0 bridgehead atoms. The fourth-order valence-corrected chi connectivity index (χ4v) is 5.51. The molecule has 0 radical (unpaired) electrons. The lowest BCUT2D eigenvalue weighted by Crippen LogP contribution is -2.27. The van der Waals surface area contributed by atoms with Gasteiger partial charge in [0.15, 0.2) is 0 Å². The first-order valence-corrected chi connectivity index (χ1v) is 10.4. The van der Waals surface area contributed by atoms with Crippen LogP contribution in [0.3, 0.4) is 0 Å². The van der Waals surface area contributed by atoms with Gasteiger partial charge in [0, 0.05) is 5.92 Å². The Morgan fingerprint density at radius 2 is 1.55 bits per heavy atom. The third kappa shape index (κ3) is 4.47. The third-order valence-corrected chi connectivity index (χ3v) is 6.96. The van der Waals surface area contributed by atoms with Gasteiger partial charge in [0.1, 0.15) is 0 Å². The Bertz CT molecular complexity index is 888. The molecular weight excluding hydrogens is 418 g/mol. The van der Waals surface area contributed by atoms with Crippen molar-refractivity contribution in [2.24, 2.45) is 11.3 Å². The summed E-state index contributed by atoms with van der Waals surface area (Å²) in [4.78, 5) is 0. The van der Waals surface area contributed by atoms with Crippen LogP contribution in [0.15, 0.2) is 48.5 Å². The molecule has 0 aliphatic heterocycles. The van der Waals surface area contributed by atoms with Crippen molar-refractivity contribution in [2.45, 2.75) is 63.6 Å². The van der Waals surface area contributed by atoms with Crippen LogP contribution < -0.4 is 0 Å². The van der Waals surface area contributed by atoms with Crippen LogP contribution in [0.25, 0.3) is 0 Å². The van der Waals surface area contributed by atoms with Gasteiger partial charge in [-0.15, -0.1) is 0 Å². The van der Waals surface area contributed by atoms with E-state index >= 15 is 0 Å². The highest BCUT2D eigenvalue weighted by Crippen LogP contribution is 2.59. The Hall–Kier alpha value is -2.02.